The molecule has 1 aromatic rings. The molecule has 0 saturated carbocycles. The van der Waals surface area contributed by atoms with E-state index >= 15 is 0 Å². The van der Waals surface area contributed by atoms with Crippen LogP contribution in [0, 0.1) is 0 Å². The van der Waals surface area contributed by atoms with Gasteiger partial charge in [0.05, 0.1) is 5.01 Å². The van der Waals surface area contributed by atoms with Gasteiger partial charge in [-0.2, -0.15) is 17.0 Å². The van der Waals surface area contributed by atoms with Crippen LogP contribution >= 0.6 is 11.3 Å². The largest absolute Gasteiger partial charge is 0.281 e. The van der Waals surface area contributed by atoms with Gasteiger partial charge in [-0.15, -0.1) is 11.3 Å². The molecule has 0 aliphatic carbocycles. The van der Waals surface area contributed by atoms with Gasteiger partial charge < -0.3 is 0 Å². The zero-order valence-electron chi connectivity index (χ0n) is 10.0. The van der Waals surface area contributed by atoms with Gasteiger partial charge in [-0.3, -0.25) is 0 Å². The first-order valence-corrected chi connectivity index (χ1v) is 7.86. The smallest absolute Gasteiger partial charge is 0.249 e. The number of nitrogens with zero attached hydrogens (tertiary/aromatic N) is 3. The Bertz CT molecular complexity index is 456. The number of hydrogen-bond acceptors (Lipinski definition) is 4. The Morgan fingerprint density at radius 1 is 1.53 bits per heavy atom. The standard InChI is InChI=1S/C10H17N3O2S2/c1-12(2)17(14,15)13-6-3-4-9(8-13)10-11-5-7-16-10/h5,7,9H,3-4,6,8H2,1-2H3. The quantitative estimate of drug-likeness (QED) is 0.831. The summed E-state index contributed by atoms with van der Waals surface area (Å²) in [7, 11) is -0.137. The van der Waals surface area contributed by atoms with Crippen LogP contribution < -0.4 is 0 Å². The maximum Gasteiger partial charge on any atom is 0.281 e. The first kappa shape index (κ1) is 12.9. The molecule has 96 valence electrons. The highest BCUT2D eigenvalue weighted by atomic mass is 32.2. The van der Waals surface area contributed by atoms with Crippen molar-refractivity contribution >= 4 is 21.5 Å². The molecule has 2 heterocycles. The van der Waals surface area contributed by atoms with Gasteiger partial charge >= 0.3 is 0 Å². The van der Waals surface area contributed by atoms with Crippen molar-refractivity contribution in [1.82, 2.24) is 13.6 Å². The summed E-state index contributed by atoms with van der Waals surface area (Å²) in [4.78, 5) is 4.28. The first-order valence-electron chi connectivity index (χ1n) is 5.59. The van der Waals surface area contributed by atoms with E-state index in [2.05, 4.69) is 4.98 Å². The second-order valence-corrected chi connectivity index (χ2v) is 7.43. The Labute approximate surface area is 106 Å². The van der Waals surface area contributed by atoms with E-state index in [-0.39, 0.29) is 5.92 Å². The Morgan fingerprint density at radius 3 is 2.88 bits per heavy atom. The molecule has 0 N–H and O–H groups in total. The van der Waals surface area contributed by atoms with Gasteiger partial charge in [0, 0.05) is 44.7 Å². The number of aromatic nitrogens is 1. The molecule has 0 bridgehead atoms. The van der Waals surface area contributed by atoms with E-state index in [1.807, 2.05) is 5.38 Å². The molecule has 0 radical (unpaired) electrons. The molecule has 5 nitrogen and oxygen atoms in total. The SMILES string of the molecule is CN(C)S(=O)(=O)N1CCCC(c2nccs2)C1. The molecular formula is C10H17N3O2S2. The van der Waals surface area contributed by atoms with Gasteiger partial charge in [0.25, 0.3) is 10.2 Å². The summed E-state index contributed by atoms with van der Waals surface area (Å²) < 4.78 is 26.9. The minimum atomic E-state index is -3.28. The Balaban J connectivity index is 2.13. The van der Waals surface area contributed by atoms with E-state index in [1.54, 1.807) is 35.9 Å². The van der Waals surface area contributed by atoms with E-state index < -0.39 is 10.2 Å². The molecule has 1 aliphatic rings. The second-order valence-electron chi connectivity index (χ2n) is 4.36. The van der Waals surface area contributed by atoms with E-state index in [1.165, 1.54) is 4.31 Å². The lowest BCUT2D eigenvalue weighted by atomic mass is 10.0. The summed E-state index contributed by atoms with van der Waals surface area (Å²) in [6.07, 6.45) is 3.70. The number of hydrogen-bond donors (Lipinski definition) is 0. The van der Waals surface area contributed by atoms with Crippen LogP contribution in [0.2, 0.25) is 0 Å². The van der Waals surface area contributed by atoms with Crippen molar-refractivity contribution < 1.29 is 8.42 Å². The van der Waals surface area contributed by atoms with Crippen molar-refractivity contribution in [1.29, 1.82) is 0 Å². The molecule has 0 spiro atoms. The van der Waals surface area contributed by atoms with Crippen molar-refractivity contribution in [3.63, 3.8) is 0 Å². The molecule has 1 aromatic heterocycles. The van der Waals surface area contributed by atoms with Crippen LogP contribution in [0.25, 0.3) is 0 Å². The summed E-state index contributed by atoms with van der Waals surface area (Å²) in [5.74, 6) is 0.249. The molecule has 1 saturated heterocycles. The van der Waals surface area contributed by atoms with E-state index in [4.69, 9.17) is 0 Å². The zero-order valence-corrected chi connectivity index (χ0v) is 11.7. The fraction of sp³-hybridized carbons (Fsp3) is 0.700. The maximum absolute atomic E-state index is 12.0. The molecule has 0 amide bonds. The summed E-state index contributed by atoms with van der Waals surface area (Å²) in [6.45, 7) is 1.16. The highest BCUT2D eigenvalue weighted by molar-refractivity contribution is 7.86. The van der Waals surface area contributed by atoms with Crippen LogP contribution in [0.3, 0.4) is 0 Å². The predicted octanol–water partition coefficient (Wildman–Crippen LogP) is 1.13. The Morgan fingerprint density at radius 2 is 2.29 bits per heavy atom. The summed E-state index contributed by atoms with van der Waals surface area (Å²) in [5, 5.41) is 2.98. The minimum Gasteiger partial charge on any atom is -0.249 e. The van der Waals surface area contributed by atoms with Gasteiger partial charge in [-0.05, 0) is 12.8 Å². The third-order valence-corrected chi connectivity index (χ3v) is 5.82. The molecular weight excluding hydrogens is 258 g/mol. The van der Waals surface area contributed by atoms with Crippen LogP contribution in [0.15, 0.2) is 11.6 Å². The van der Waals surface area contributed by atoms with E-state index in [0.717, 1.165) is 17.8 Å². The number of rotatable bonds is 3. The topological polar surface area (TPSA) is 53.5 Å². The Hall–Kier alpha value is -0.500. The summed E-state index contributed by atoms with van der Waals surface area (Å²) in [5.41, 5.74) is 0. The van der Waals surface area contributed by atoms with Gasteiger partial charge in [-0.1, -0.05) is 0 Å². The first-order chi connectivity index (χ1) is 8.01. The Kier molecular flexibility index (Phi) is 3.82. The lowest BCUT2D eigenvalue weighted by molar-refractivity contribution is 0.298. The number of thiazole rings is 1. The predicted molar refractivity (Wildman–Crippen MR) is 68.3 cm³/mol. The van der Waals surface area contributed by atoms with Gasteiger partial charge in [0.2, 0.25) is 0 Å². The third-order valence-electron chi connectivity index (χ3n) is 2.97. The number of piperidine rings is 1. The van der Waals surface area contributed by atoms with E-state index in [9.17, 15) is 8.42 Å². The molecule has 17 heavy (non-hydrogen) atoms. The molecule has 1 unspecified atom stereocenters. The van der Waals surface area contributed by atoms with Crippen molar-refractivity contribution in [3.8, 4) is 0 Å². The molecule has 1 atom stereocenters. The van der Waals surface area contributed by atoms with Crippen molar-refractivity contribution in [2.75, 3.05) is 27.2 Å². The van der Waals surface area contributed by atoms with Crippen LogP contribution in [-0.2, 0) is 10.2 Å². The van der Waals surface area contributed by atoms with Gasteiger partial charge in [-0.25, -0.2) is 4.98 Å². The fourth-order valence-corrected chi connectivity index (χ4v) is 3.98. The highest BCUT2D eigenvalue weighted by Crippen LogP contribution is 2.29. The normalized spacial score (nSPS) is 23.1. The van der Waals surface area contributed by atoms with Crippen LogP contribution in [-0.4, -0.2) is 49.2 Å². The molecule has 7 heteroatoms. The van der Waals surface area contributed by atoms with E-state index in [0.29, 0.717) is 13.1 Å². The minimum absolute atomic E-state index is 0.249. The van der Waals surface area contributed by atoms with Gasteiger partial charge in [0.15, 0.2) is 0 Å². The van der Waals surface area contributed by atoms with Crippen molar-refractivity contribution in [2.24, 2.45) is 0 Å². The molecule has 1 aliphatic heterocycles. The van der Waals surface area contributed by atoms with Crippen LogP contribution in [0.5, 0.6) is 0 Å². The fourth-order valence-electron chi connectivity index (χ4n) is 2.02. The van der Waals surface area contributed by atoms with Crippen LogP contribution in [0.4, 0.5) is 0 Å². The van der Waals surface area contributed by atoms with Crippen LogP contribution in [0.1, 0.15) is 23.8 Å². The monoisotopic (exact) mass is 275 g/mol. The maximum atomic E-state index is 12.0. The average Bonchev–Trinajstić information content (AvgIpc) is 2.82. The summed E-state index contributed by atoms with van der Waals surface area (Å²) >= 11 is 1.60. The third kappa shape index (κ3) is 2.67. The molecule has 0 aromatic carbocycles. The lowest BCUT2D eigenvalue weighted by Crippen LogP contribution is -2.44. The van der Waals surface area contributed by atoms with Gasteiger partial charge in [0.1, 0.15) is 0 Å². The molecule has 1 fully saturated rings. The lowest BCUT2D eigenvalue weighted by Gasteiger charge is -2.32. The molecule has 2 rings (SSSR count). The zero-order chi connectivity index (χ0) is 12.5. The second kappa shape index (κ2) is 5.01. The van der Waals surface area contributed by atoms with Crippen molar-refractivity contribution in [3.05, 3.63) is 16.6 Å². The highest BCUT2D eigenvalue weighted by Gasteiger charge is 2.31. The van der Waals surface area contributed by atoms with Crippen molar-refractivity contribution in [2.45, 2.75) is 18.8 Å². The average molecular weight is 275 g/mol. The summed E-state index contributed by atoms with van der Waals surface area (Å²) in [6, 6.07) is 0.